The average Bonchev–Trinajstić information content (AvgIpc) is 3.55. The summed E-state index contributed by atoms with van der Waals surface area (Å²) in [5.41, 5.74) is 1.53. The standard InChI is InChI=1S/C43H58ClN7O7S/c1-29-7-5-17-43(56-4,27-50-20-18-49(19-21-50)25-39-45-30(2)58-47-39)35-11-9-32(35)24-51-26-42(16-6-8-31-23-33(44)10-12-34(31)42)28-57-37-14-13-36(46-40(37)51)41(52)48-59(53,54)38(29)15-22-55-3/h5,10,12-14,17,23,29,32,35,38H,6-9,11,15-16,18-22,24-28H2,1-4H3,(H,48,52)/b17-5-/t29-,32-,35+,38+,42-,43+/m0/s1. The van der Waals surface area contributed by atoms with Crippen molar-refractivity contribution in [2.45, 2.75) is 81.6 Å². The Bertz CT molecular complexity index is 2130. The van der Waals surface area contributed by atoms with E-state index in [0.29, 0.717) is 62.5 Å². The van der Waals surface area contributed by atoms with Gasteiger partial charge in [-0.1, -0.05) is 41.9 Å². The highest BCUT2D eigenvalue weighted by Crippen LogP contribution is 2.49. The number of fused-ring (bicyclic) bond motifs is 4. The monoisotopic (exact) mass is 851 g/mol. The molecule has 2 aliphatic carbocycles. The van der Waals surface area contributed by atoms with Gasteiger partial charge in [0.05, 0.1) is 18.4 Å². The molecule has 8 rings (SSSR count). The zero-order valence-electron chi connectivity index (χ0n) is 34.7. The number of aryl methyl sites for hydroxylation is 2. The molecule has 0 unspecified atom stereocenters. The van der Waals surface area contributed by atoms with Crippen molar-refractivity contribution in [3.63, 3.8) is 0 Å². The number of benzene rings is 1. The van der Waals surface area contributed by atoms with Crippen LogP contribution in [0.15, 0.2) is 47.0 Å². The molecule has 1 spiro atoms. The third-order valence-electron chi connectivity index (χ3n) is 13.6. The number of ether oxygens (including phenoxy) is 3. The fourth-order valence-corrected chi connectivity index (χ4v) is 12.2. The van der Waals surface area contributed by atoms with Crippen molar-refractivity contribution >= 4 is 33.3 Å². The molecule has 2 fully saturated rings. The number of hydrogen-bond donors (Lipinski definition) is 1. The first-order chi connectivity index (χ1) is 28.4. The summed E-state index contributed by atoms with van der Waals surface area (Å²) in [4.78, 5) is 30.4. The van der Waals surface area contributed by atoms with Crippen LogP contribution in [-0.2, 0) is 37.9 Å². The van der Waals surface area contributed by atoms with Crippen molar-refractivity contribution in [3.8, 4) is 5.75 Å². The first-order valence-electron chi connectivity index (χ1n) is 21.1. The van der Waals surface area contributed by atoms with Gasteiger partial charge in [0.15, 0.2) is 17.4 Å². The molecule has 6 atom stereocenters. The predicted octanol–water partition coefficient (Wildman–Crippen LogP) is 5.19. The normalized spacial score (nSPS) is 30.7. The van der Waals surface area contributed by atoms with Crippen molar-refractivity contribution in [2.24, 2.45) is 17.8 Å². The van der Waals surface area contributed by atoms with E-state index in [1.165, 1.54) is 11.1 Å². The Morgan fingerprint density at radius 1 is 1.07 bits per heavy atom. The lowest BCUT2D eigenvalue weighted by atomic mass is 9.63. The van der Waals surface area contributed by atoms with Crippen LogP contribution in [0.1, 0.15) is 78.8 Å². The van der Waals surface area contributed by atoms with Gasteiger partial charge < -0.3 is 23.6 Å². The second-order valence-corrected chi connectivity index (χ2v) is 19.8. The molecule has 1 aromatic carbocycles. The van der Waals surface area contributed by atoms with Crippen molar-refractivity contribution in [3.05, 3.63) is 76.0 Å². The van der Waals surface area contributed by atoms with E-state index in [4.69, 9.17) is 35.3 Å². The first kappa shape index (κ1) is 42.1. The molecular formula is C43H58ClN7O7S. The predicted molar refractivity (Wildman–Crippen MR) is 224 cm³/mol. The van der Waals surface area contributed by atoms with E-state index in [0.717, 1.165) is 63.3 Å². The Balaban J connectivity index is 1.15. The number of sulfonamides is 1. The highest BCUT2D eigenvalue weighted by molar-refractivity contribution is 7.90. The van der Waals surface area contributed by atoms with Crippen molar-refractivity contribution < 1.29 is 31.9 Å². The molecular weight excluding hydrogens is 794 g/mol. The lowest BCUT2D eigenvalue weighted by molar-refractivity contribution is -0.0957. The number of anilines is 1. The van der Waals surface area contributed by atoms with Crippen LogP contribution in [0.25, 0.3) is 0 Å². The number of hydrogen-bond acceptors (Lipinski definition) is 13. The molecule has 16 heteroatoms. The number of nitrogens with one attached hydrogen (secondary N) is 1. The Morgan fingerprint density at radius 3 is 2.61 bits per heavy atom. The quantitative estimate of drug-likeness (QED) is 0.297. The van der Waals surface area contributed by atoms with Crippen molar-refractivity contribution in [1.29, 1.82) is 0 Å². The van der Waals surface area contributed by atoms with Gasteiger partial charge in [-0.2, -0.15) is 4.98 Å². The van der Waals surface area contributed by atoms with E-state index in [1.54, 1.807) is 19.2 Å². The van der Waals surface area contributed by atoms with Gasteiger partial charge in [0.2, 0.25) is 15.9 Å². The fraction of sp³-hybridized carbons (Fsp3) is 0.628. The summed E-state index contributed by atoms with van der Waals surface area (Å²) in [6.07, 6.45) is 9.92. The number of aromatic nitrogens is 3. The maximum Gasteiger partial charge on any atom is 0.283 e. The molecule has 1 saturated heterocycles. The van der Waals surface area contributed by atoms with Gasteiger partial charge in [-0.05, 0) is 98.1 Å². The molecule has 59 heavy (non-hydrogen) atoms. The van der Waals surface area contributed by atoms with Gasteiger partial charge in [-0.25, -0.2) is 18.1 Å². The fourth-order valence-electron chi connectivity index (χ4n) is 10.3. The third kappa shape index (κ3) is 8.78. The summed E-state index contributed by atoms with van der Waals surface area (Å²) in [7, 11) is -0.759. The SMILES string of the molecule is COCC[C@@H]1[C@@H](C)C/C=C\[C@](CN2CCN(Cc3noc(C)n3)CC2)(OC)[C@@H]2CC[C@H]2CN2C[C@@]3(CCCc4cc(Cl)ccc43)COc3ccc(nc32)C(=O)NS1(=O)=O. The molecule has 3 aliphatic heterocycles. The maximum atomic E-state index is 14.1. The number of halogens is 1. The van der Waals surface area contributed by atoms with E-state index >= 15 is 0 Å². The number of allylic oxidation sites excluding steroid dienone is 1. The second-order valence-electron chi connectivity index (χ2n) is 17.4. The van der Waals surface area contributed by atoms with E-state index in [-0.39, 0.29) is 41.9 Å². The van der Waals surface area contributed by atoms with E-state index in [9.17, 15) is 13.2 Å². The van der Waals surface area contributed by atoms with Crippen LogP contribution in [0, 0.1) is 24.7 Å². The van der Waals surface area contributed by atoms with Gasteiger partial charge in [0, 0.05) is 84.0 Å². The molecule has 5 aliphatic rings. The van der Waals surface area contributed by atoms with Gasteiger partial charge in [-0.15, -0.1) is 0 Å². The summed E-state index contributed by atoms with van der Waals surface area (Å²) >= 11 is 6.52. The Kier molecular flexibility index (Phi) is 12.4. The van der Waals surface area contributed by atoms with E-state index in [2.05, 4.69) is 53.8 Å². The van der Waals surface area contributed by atoms with Gasteiger partial charge in [0.1, 0.15) is 11.3 Å². The third-order valence-corrected chi connectivity index (χ3v) is 15.8. The van der Waals surface area contributed by atoms with Crippen LogP contribution >= 0.6 is 11.6 Å². The molecule has 14 nitrogen and oxygen atoms in total. The topological polar surface area (TPSA) is 152 Å². The molecule has 0 radical (unpaired) electrons. The van der Waals surface area contributed by atoms with Gasteiger partial charge >= 0.3 is 0 Å². The number of carbonyl (C=O) groups excluding carboxylic acids is 1. The number of carbonyl (C=O) groups is 1. The largest absolute Gasteiger partial charge is 0.489 e. The molecule has 2 bridgehead atoms. The molecule has 320 valence electrons. The van der Waals surface area contributed by atoms with Crippen LogP contribution in [-0.4, -0.2) is 123 Å². The highest BCUT2D eigenvalue weighted by atomic mass is 35.5. The minimum atomic E-state index is -4.13. The van der Waals surface area contributed by atoms with Crippen molar-refractivity contribution in [2.75, 3.05) is 78.1 Å². The smallest absolute Gasteiger partial charge is 0.283 e. The summed E-state index contributed by atoms with van der Waals surface area (Å²) in [5.74, 6) is 1.75. The molecule has 1 amide bonds. The first-order valence-corrected chi connectivity index (χ1v) is 23.0. The van der Waals surface area contributed by atoms with Crippen molar-refractivity contribution in [1.82, 2.24) is 29.6 Å². The summed E-state index contributed by atoms with van der Waals surface area (Å²) in [6, 6.07) is 9.55. The van der Waals surface area contributed by atoms with Crippen LogP contribution in [0.2, 0.25) is 5.02 Å². The highest BCUT2D eigenvalue weighted by Gasteiger charge is 2.50. The molecule has 2 aromatic heterocycles. The summed E-state index contributed by atoms with van der Waals surface area (Å²) in [5, 5.41) is 3.95. The van der Waals surface area contributed by atoms with Gasteiger partial charge in [-0.3, -0.25) is 14.6 Å². The number of methoxy groups -OCH3 is 2. The number of piperazine rings is 1. The Morgan fingerprint density at radius 2 is 1.88 bits per heavy atom. The summed E-state index contributed by atoms with van der Waals surface area (Å²) in [6.45, 7) is 10.5. The zero-order chi connectivity index (χ0) is 41.4. The molecule has 1 saturated carbocycles. The van der Waals surface area contributed by atoms with Crippen LogP contribution in [0.5, 0.6) is 5.75 Å². The van der Waals surface area contributed by atoms with Crippen LogP contribution in [0.4, 0.5) is 5.82 Å². The van der Waals surface area contributed by atoms with Crippen LogP contribution in [0.3, 0.4) is 0 Å². The van der Waals surface area contributed by atoms with E-state index in [1.807, 2.05) is 27.0 Å². The Hall–Kier alpha value is -3.60. The molecule has 5 heterocycles. The molecule has 3 aromatic rings. The van der Waals surface area contributed by atoms with Gasteiger partial charge in [0.25, 0.3) is 5.91 Å². The van der Waals surface area contributed by atoms with Crippen LogP contribution < -0.4 is 14.4 Å². The Labute approximate surface area is 353 Å². The number of amides is 1. The van der Waals surface area contributed by atoms with E-state index < -0.39 is 26.8 Å². The lowest BCUT2D eigenvalue weighted by Crippen LogP contribution is -2.59. The number of rotatable bonds is 8. The average molecular weight is 852 g/mol. The zero-order valence-corrected chi connectivity index (χ0v) is 36.3. The minimum Gasteiger partial charge on any atom is -0.489 e. The molecule has 1 N–H and O–H groups in total. The second kappa shape index (κ2) is 17.4. The number of nitrogens with zero attached hydrogens (tertiary/aromatic N) is 6. The lowest BCUT2D eigenvalue weighted by Gasteiger charge is -2.52. The number of pyridine rings is 1. The minimum absolute atomic E-state index is 0.0304. The summed E-state index contributed by atoms with van der Waals surface area (Å²) < 4.78 is 54.5. The maximum absolute atomic E-state index is 14.1.